The number of nitro benzene ring substituents is 1. The molecule has 0 amide bonds. The van der Waals surface area contributed by atoms with Crippen molar-refractivity contribution in [1.29, 1.82) is 0 Å². The number of piperidine rings is 1. The molecule has 0 aliphatic carbocycles. The predicted molar refractivity (Wildman–Crippen MR) is 85.7 cm³/mol. The Morgan fingerprint density at radius 2 is 2.11 bits per heavy atom. The van der Waals surface area contributed by atoms with Crippen molar-refractivity contribution in [2.75, 3.05) is 18.0 Å². The van der Waals surface area contributed by atoms with Crippen molar-refractivity contribution in [3.63, 3.8) is 0 Å². The van der Waals surface area contributed by atoms with Gasteiger partial charge < -0.3 is 4.90 Å². The first-order valence-electron chi connectivity index (χ1n) is 6.80. The highest BCUT2D eigenvalue weighted by Crippen LogP contribution is 2.30. The molecular weight excluding hydrogens is 355 g/mol. The van der Waals surface area contributed by atoms with Crippen molar-refractivity contribution in [3.05, 3.63) is 31.9 Å². The zero-order chi connectivity index (χ0) is 13.8. The van der Waals surface area contributed by atoms with Crippen molar-refractivity contribution in [3.8, 4) is 0 Å². The molecule has 0 aromatic heterocycles. The van der Waals surface area contributed by atoms with Gasteiger partial charge in [-0.2, -0.15) is 0 Å². The minimum atomic E-state index is -0.320. The monoisotopic (exact) mass is 374 g/mol. The van der Waals surface area contributed by atoms with Crippen LogP contribution < -0.4 is 4.90 Å². The fourth-order valence-electron chi connectivity index (χ4n) is 2.73. The molecule has 0 radical (unpaired) electrons. The van der Waals surface area contributed by atoms with E-state index in [-0.39, 0.29) is 10.6 Å². The van der Waals surface area contributed by atoms with Crippen LogP contribution in [0, 0.1) is 19.6 Å². The molecule has 2 rings (SSSR count). The van der Waals surface area contributed by atoms with Crippen molar-refractivity contribution < 1.29 is 4.92 Å². The van der Waals surface area contributed by atoms with Gasteiger partial charge in [-0.05, 0) is 53.5 Å². The number of rotatable bonds is 4. The Kier molecular flexibility index (Phi) is 5.01. The van der Waals surface area contributed by atoms with E-state index in [4.69, 9.17) is 0 Å². The van der Waals surface area contributed by atoms with Crippen LogP contribution in [0.4, 0.5) is 11.4 Å². The first-order chi connectivity index (χ1) is 9.11. The quantitative estimate of drug-likeness (QED) is 0.451. The van der Waals surface area contributed by atoms with Gasteiger partial charge in [-0.3, -0.25) is 10.1 Å². The Morgan fingerprint density at radius 3 is 2.63 bits per heavy atom. The van der Waals surface area contributed by atoms with E-state index in [1.165, 1.54) is 25.7 Å². The highest BCUT2D eigenvalue weighted by Gasteiger charge is 2.20. The molecule has 1 aliphatic heterocycles. The maximum Gasteiger partial charge on any atom is 0.282 e. The molecule has 4 nitrogen and oxygen atoms in total. The van der Waals surface area contributed by atoms with Crippen LogP contribution in [0.5, 0.6) is 0 Å². The number of hydrogen-bond acceptors (Lipinski definition) is 3. The van der Waals surface area contributed by atoms with E-state index in [2.05, 4.69) is 11.8 Å². The van der Waals surface area contributed by atoms with Gasteiger partial charge in [0.15, 0.2) is 0 Å². The summed E-state index contributed by atoms with van der Waals surface area (Å²) < 4.78 is 0.718. The average molecular weight is 374 g/mol. The van der Waals surface area contributed by atoms with Gasteiger partial charge in [-0.15, -0.1) is 0 Å². The van der Waals surface area contributed by atoms with E-state index >= 15 is 0 Å². The largest absolute Gasteiger partial charge is 0.371 e. The third kappa shape index (κ3) is 3.58. The van der Waals surface area contributed by atoms with Crippen LogP contribution in [0.15, 0.2) is 18.2 Å². The van der Waals surface area contributed by atoms with Crippen molar-refractivity contribution in [1.82, 2.24) is 0 Å². The normalized spacial score (nSPS) is 16.6. The highest BCUT2D eigenvalue weighted by atomic mass is 127. The second-order valence-electron chi connectivity index (χ2n) is 5.11. The zero-order valence-electron chi connectivity index (χ0n) is 11.1. The molecule has 1 saturated heterocycles. The molecule has 1 aromatic rings. The Morgan fingerprint density at radius 1 is 1.42 bits per heavy atom. The van der Waals surface area contributed by atoms with Gasteiger partial charge in [0, 0.05) is 24.8 Å². The number of nitro groups is 1. The van der Waals surface area contributed by atoms with E-state index in [1.807, 2.05) is 34.7 Å². The first-order valence-corrected chi connectivity index (χ1v) is 7.88. The van der Waals surface area contributed by atoms with Crippen molar-refractivity contribution in [2.45, 2.75) is 32.6 Å². The predicted octanol–water partition coefficient (Wildman–Crippen LogP) is 4.22. The van der Waals surface area contributed by atoms with Crippen LogP contribution in [-0.2, 0) is 0 Å². The summed E-state index contributed by atoms with van der Waals surface area (Å²) in [4.78, 5) is 12.8. The number of anilines is 1. The molecule has 19 heavy (non-hydrogen) atoms. The molecule has 1 heterocycles. The number of hydrogen-bond donors (Lipinski definition) is 0. The molecule has 0 spiro atoms. The summed E-state index contributed by atoms with van der Waals surface area (Å²) in [6.07, 6.45) is 5.06. The van der Waals surface area contributed by atoms with Crippen LogP contribution in [-0.4, -0.2) is 18.0 Å². The Labute approximate surface area is 127 Å². The lowest BCUT2D eigenvalue weighted by atomic mass is 9.92. The van der Waals surface area contributed by atoms with Gasteiger partial charge in [0.1, 0.15) is 0 Å². The summed E-state index contributed by atoms with van der Waals surface area (Å²) in [5.74, 6) is 0.860. The van der Waals surface area contributed by atoms with E-state index in [0.29, 0.717) is 0 Å². The molecule has 5 heteroatoms. The molecule has 0 atom stereocenters. The average Bonchev–Trinajstić information content (AvgIpc) is 2.39. The standard InChI is InChI=1S/C14H19IN2O2/c1-2-3-11-6-8-16(9-7-11)12-4-5-14(17(18)19)13(15)10-12/h4-5,10-11H,2-3,6-9H2,1H3. The van der Waals surface area contributed by atoms with Crippen molar-refractivity contribution in [2.24, 2.45) is 5.92 Å². The second-order valence-corrected chi connectivity index (χ2v) is 6.27. The lowest BCUT2D eigenvalue weighted by Crippen LogP contribution is -2.33. The smallest absolute Gasteiger partial charge is 0.282 e. The van der Waals surface area contributed by atoms with Crippen LogP contribution >= 0.6 is 22.6 Å². The van der Waals surface area contributed by atoms with Crippen LogP contribution in [0.25, 0.3) is 0 Å². The van der Waals surface area contributed by atoms with Crippen molar-refractivity contribution >= 4 is 34.0 Å². The van der Waals surface area contributed by atoms with E-state index < -0.39 is 0 Å². The minimum absolute atomic E-state index is 0.199. The third-order valence-electron chi connectivity index (χ3n) is 3.80. The molecule has 1 aromatic carbocycles. The molecule has 1 fully saturated rings. The summed E-state index contributed by atoms with van der Waals surface area (Å²) in [6.45, 7) is 4.38. The summed E-state index contributed by atoms with van der Waals surface area (Å²) in [7, 11) is 0. The topological polar surface area (TPSA) is 46.4 Å². The SMILES string of the molecule is CCCC1CCN(c2ccc([N+](=O)[O-])c(I)c2)CC1. The zero-order valence-corrected chi connectivity index (χ0v) is 13.3. The summed E-state index contributed by atoms with van der Waals surface area (Å²) in [6, 6.07) is 5.43. The molecule has 0 bridgehead atoms. The molecule has 1 aliphatic rings. The van der Waals surface area contributed by atoms with Gasteiger partial charge in [0.2, 0.25) is 0 Å². The van der Waals surface area contributed by atoms with Gasteiger partial charge in [-0.1, -0.05) is 19.8 Å². The maximum atomic E-state index is 10.8. The highest BCUT2D eigenvalue weighted by molar-refractivity contribution is 14.1. The van der Waals surface area contributed by atoms with E-state index in [9.17, 15) is 10.1 Å². The third-order valence-corrected chi connectivity index (χ3v) is 4.67. The van der Waals surface area contributed by atoms with E-state index in [1.54, 1.807) is 6.07 Å². The summed E-state index contributed by atoms with van der Waals surface area (Å²) in [5, 5.41) is 10.8. The van der Waals surface area contributed by atoms with Crippen LogP contribution in [0.1, 0.15) is 32.6 Å². The molecule has 0 N–H and O–H groups in total. The fraction of sp³-hybridized carbons (Fsp3) is 0.571. The summed E-state index contributed by atoms with van der Waals surface area (Å²) in [5.41, 5.74) is 1.31. The second kappa shape index (κ2) is 6.54. The van der Waals surface area contributed by atoms with Gasteiger partial charge >= 0.3 is 0 Å². The van der Waals surface area contributed by atoms with Crippen LogP contribution in [0.3, 0.4) is 0 Å². The van der Waals surface area contributed by atoms with Gasteiger partial charge in [-0.25, -0.2) is 0 Å². The number of benzene rings is 1. The van der Waals surface area contributed by atoms with E-state index in [0.717, 1.165) is 28.3 Å². The molecule has 0 unspecified atom stereocenters. The molecule has 104 valence electrons. The van der Waals surface area contributed by atoms with Crippen LogP contribution in [0.2, 0.25) is 0 Å². The Hall–Kier alpha value is -0.850. The lowest BCUT2D eigenvalue weighted by molar-refractivity contribution is -0.385. The lowest BCUT2D eigenvalue weighted by Gasteiger charge is -2.33. The fourth-order valence-corrected chi connectivity index (χ4v) is 3.42. The first kappa shape index (κ1) is 14.6. The Balaban J connectivity index is 2.04. The molecule has 0 saturated carbocycles. The maximum absolute atomic E-state index is 10.8. The number of halogens is 1. The van der Waals surface area contributed by atoms with Gasteiger partial charge in [0.25, 0.3) is 5.69 Å². The molecular formula is C14H19IN2O2. The Bertz CT molecular complexity index is 457. The minimum Gasteiger partial charge on any atom is -0.371 e. The van der Waals surface area contributed by atoms with Gasteiger partial charge in [0.05, 0.1) is 8.49 Å². The number of nitrogens with zero attached hydrogens (tertiary/aromatic N) is 2. The summed E-state index contributed by atoms with van der Waals surface area (Å²) >= 11 is 2.05.